The van der Waals surface area contributed by atoms with Crippen LogP contribution in [0.4, 0.5) is 0 Å². The fourth-order valence-corrected chi connectivity index (χ4v) is 2.40. The van der Waals surface area contributed by atoms with Gasteiger partial charge in [-0.1, -0.05) is 74.0 Å². The van der Waals surface area contributed by atoms with E-state index < -0.39 is 0 Å². The topological polar surface area (TPSA) is 0 Å². The van der Waals surface area contributed by atoms with Crippen molar-refractivity contribution >= 4 is 6.08 Å². The quantitative estimate of drug-likeness (QED) is 0.687. The summed E-state index contributed by atoms with van der Waals surface area (Å²) >= 11 is 0. The Bertz CT molecular complexity index is 535. The number of benzene rings is 2. The van der Waals surface area contributed by atoms with Gasteiger partial charge in [0, 0.05) is 0 Å². The molecule has 0 N–H and O–H groups in total. The largest absolute Gasteiger partial charge is 0.0795 e. The lowest BCUT2D eigenvalue weighted by molar-refractivity contribution is 0.922. The van der Waals surface area contributed by atoms with Crippen LogP contribution in [-0.2, 0) is 12.8 Å². The number of fused-ring (bicyclic) bond motifs is 1. The van der Waals surface area contributed by atoms with Gasteiger partial charge >= 0.3 is 0 Å². The first kappa shape index (κ1) is 13.6. The molecule has 0 heterocycles. The monoisotopic (exact) mass is 250 g/mol. The predicted octanol–water partition coefficient (Wildman–Crippen LogP) is 5.20. The lowest BCUT2D eigenvalue weighted by Crippen LogP contribution is -1.84. The third-order valence-electron chi connectivity index (χ3n) is 3.45. The zero-order valence-corrected chi connectivity index (χ0v) is 11.9. The van der Waals surface area contributed by atoms with E-state index in [-0.39, 0.29) is 0 Å². The smallest absolute Gasteiger partial charge is 0.00855 e. The molecule has 0 aliphatic heterocycles. The second-order valence-electron chi connectivity index (χ2n) is 4.98. The summed E-state index contributed by atoms with van der Waals surface area (Å²) in [7, 11) is 0. The maximum atomic E-state index is 2.22. The normalized spacial score (nSPS) is 11.7. The first-order valence-electron chi connectivity index (χ1n) is 7.10. The molecule has 2 aromatic carbocycles. The molecule has 0 aromatic heterocycles. The zero-order chi connectivity index (χ0) is 13.5. The van der Waals surface area contributed by atoms with Crippen LogP contribution in [0.3, 0.4) is 0 Å². The molecule has 98 valence electrons. The molecule has 2 aromatic rings. The molecule has 1 aliphatic rings. The van der Waals surface area contributed by atoms with Crippen molar-refractivity contribution in [1.29, 1.82) is 0 Å². The standard InChI is InChI=1S/C10H10.C9H12/c1-8-4-2-5-9-6-3-7-10(8)9;1-2-6-9-7-4-3-5-8-9/h2-6H,7H2,1H3;3-5,7-8H,2,6H2,1H3. The molecule has 0 heteroatoms. The van der Waals surface area contributed by atoms with Crippen molar-refractivity contribution in [2.75, 3.05) is 0 Å². The Morgan fingerprint density at radius 2 is 1.74 bits per heavy atom. The van der Waals surface area contributed by atoms with Gasteiger partial charge in [-0.25, -0.2) is 0 Å². The minimum absolute atomic E-state index is 1.13. The average molecular weight is 250 g/mol. The van der Waals surface area contributed by atoms with Crippen molar-refractivity contribution in [2.45, 2.75) is 33.1 Å². The van der Waals surface area contributed by atoms with Crippen molar-refractivity contribution < 1.29 is 0 Å². The van der Waals surface area contributed by atoms with E-state index >= 15 is 0 Å². The predicted molar refractivity (Wildman–Crippen MR) is 84.4 cm³/mol. The van der Waals surface area contributed by atoms with E-state index in [1.54, 1.807) is 0 Å². The second-order valence-corrected chi connectivity index (χ2v) is 4.98. The minimum atomic E-state index is 1.13. The van der Waals surface area contributed by atoms with E-state index in [0.29, 0.717) is 0 Å². The van der Waals surface area contributed by atoms with E-state index in [4.69, 9.17) is 0 Å². The van der Waals surface area contributed by atoms with Gasteiger partial charge in [-0.3, -0.25) is 0 Å². The molecule has 0 saturated carbocycles. The summed E-state index contributed by atoms with van der Waals surface area (Å²) in [6.45, 7) is 4.37. The lowest BCUT2D eigenvalue weighted by Gasteiger charge is -2.00. The van der Waals surface area contributed by atoms with E-state index in [0.717, 1.165) is 6.42 Å². The van der Waals surface area contributed by atoms with Crippen LogP contribution in [0.1, 0.15) is 35.6 Å². The first-order valence-corrected chi connectivity index (χ1v) is 7.10. The van der Waals surface area contributed by atoms with Crippen LogP contribution in [0.5, 0.6) is 0 Å². The van der Waals surface area contributed by atoms with E-state index in [1.807, 2.05) is 0 Å². The summed E-state index contributed by atoms with van der Waals surface area (Å²) in [6.07, 6.45) is 7.99. The number of allylic oxidation sites excluding steroid dienone is 1. The summed E-state index contributed by atoms with van der Waals surface area (Å²) in [5.74, 6) is 0. The Kier molecular flexibility index (Phi) is 4.97. The summed E-state index contributed by atoms with van der Waals surface area (Å²) in [5.41, 5.74) is 5.77. The molecule has 0 amide bonds. The van der Waals surface area contributed by atoms with Crippen LogP contribution >= 0.6 is 0 Å². The molecular weight excluding hydrogens is 228 g/mol. The number of hydrogen-bond donors (Lipinski definition) is 0. The van der Waals surface area contributed by atoms with Gasteiger partial charge in [0.15, 0.2) is 0 Å². The molecular formula is C19H22. The molecule has 0 atom stereocenters. The van der Waals surface area contributed by atoms with Gasteiger partial charge in [0.25, 0.3) is 0 Å². The highest BCUT2D eigenvalue weighted by atomic mass is 14.1. The molecule has 19 heavy (non-hydrogen) atoms. The van der Waals surface area contributed by atoms with E-state index in [2.05, 4.69) is 74.5 Å². The van der Waals surface area contributed by atoms with E-state index in [9.17, 15) is 0 Å². The van der Waals surface area contributed by atoms with Crippen molar-refractivity contribution in [1.82, 2.24) is 0 Å². The maximum Gasteiger partial charge on any atom is -0.00855 e. The van der Waals surface area contributed by atoms with Crippen molar-refractivity contribution in [2.24, 2.45) is 0 Å². The molecule has 0 fully saturated rings. The highest BCUT2D eigenvalue weighted by Gasteiger charge is 2.04. The number of rotatable bonds is 2. The van der Waals surface area contributed by atoms with Gasteiger partial charge in [0.2, 0.25) is 0 Å². The zero-order valence-electron chi connectivity index (χ0n) is 11.9. The Hall–Kier alpha value is -1.82. The van der Waals surface area contributed by atoms with Crippen molar-refractivity contribution in [3.05, 3.63) is 76.9 Å². The molecule has 0 bridgehead atoms. The lowest BCUT2D eigenvalue weighted by atomic mass is 10.0. The van der Waals surface area contributed by atoms with E-state index in [1.165, 1.54) is 35.1 Å². The molecule has 0 spiro atoms. The van der Waals surface area contributed by atoms with Crippen LogP contribution < -0.4 is 0 Å². The summed E-state index contributed by atoms with van der Waals surface area (Å²) < 4.78 is 0. The first-order chi connectivity index (χ1) is 9.31. The van der Waals surface area contributed by atoms with Gasteiger partial charge in [0.05, 0.1) is 0 Å². The third kappa shape index (κ3) is 3.82. The van der Waals surface area contributed by atoms with Gasteiger partial charge in [-0.2, -0.15) is 0 Å². The fourth-order valence-electron chi connectivity index (χ4n) is 2.40. The summed E-state index contributed by atoms with van der Waals surface area (Å²) in [4.78, 5) is 0. The van der Waals surface area contributed by atoms with Crippen molar-refractivity contribution in [3.8, 4) is 0 Å². The third-order valence-corrected chi connectivity index (χ3v) is 3.45. The Morgan fingerprint density at radius 1 is 0.947 bits per heavy atom. The Morgan fingerprint density at radius 3 is 2.42 bits per heavy atom. The second kappa shape index (κ2) is 6.94. The van der Waals surface area contributed by atoms with Gasteiger partial charge in [-0.15, -0.1) is 0 Å². The molecule has 0 unspecified atom stereocenters. The highest BCUT2D eigenvalue weighted by molar-refractivity contribution is 5.61. The molecule has 0 saturated heterocycles. The highest BCUT2D eigenvalue weighted by Crippen LogP contribution is 2.21. The SMILES string of the molecule is CCCc1ccccc1.Cc1cccc2c1CC=C2. The average Bonchev–Trinajstić information content (AvgIpc) is 2.91. The number of hydrogen-bond acceptors (Lipinski definition) is 0. The molecule has 0 nitrogen and oxygen atoms in total. The van der Waals surface area contributed by atoms with Crippen LogP contribution in [0.15, 0.2) is 54.6 Å². The van der Waals surface area contributed by atoms with Gasteiger partial charge in [-0.05, 0) is 42.0 Å². The van der Waals surface area contributed by atoms with Crippen LogP contribution in [0, 0.1) is 6.92 Å². The summed E-state index contributed by atoms with van der Waals surface area (Å²) in [6, 6.07) is 17.0. The molecule has 0 radical (unpaired) electrons. The number of aryl methyl sites for hydroxylation is 2. The maximum absolute atomic E-state index is 2.22. The van der Waals surface area contributed by atoms with Gasteiger partial charge < -0.3 is 0 Å². The van der Waals surface area contributed by atoms with Crippen LogP contribution in [0.25, 0.3) is 6.08 Å². The minimum Gasteiger partial charge on any atom is -0.0795 e. The Labute approximate surface area is 116 Å². The molecule has 1 aliphatic carbocycles. The van der Waals surface area contributed by atoms with Crippen LogP contribution in [0.2, 0.25) is 0 Å². The Balaban J connectivity index is 0.000000141. The van der Waals surface area contributed by atoms with Crippen molar-refractivity contribution in [3.63, 3.8) is 0 Å². The summed E-state index contributed by atoms with van der Waals surface area (Å²) in [5, 5.41) is 0. The fraction of sp³-hybridized carbons (Fsp3) is 0.263. The van der Waals surface area contributed by atoms with Gasteiger partial charge in [0.1, 0.15) is 0 Å². The van der Waals surface area contributed by atoms with Crippen LogP contribution in [-0.4, -0.2) is 0 Å². The molecule has 3 rings (SSSR count).